The van der Waals surface area contributed by atoms with Crippen LogP contribution in [0.1, 0.15) is 22.3 Å². The molecule has 11 aromatic rings. The molecular formula is C57H36N2S. The Kier molecular flexibility index (Phi) is 7.19. The lowest BCUT2D eigenvalue weighted by atomic mass is 9.59. The van der Waals surface area contributed by atoms with Crippen molar-refractivity contribution < 1.29 is 0 Å². The first-order valence-electron chi connectivity index (χ1n) is 20.7. The zero-order valence-electron chi connectivity index (χ0n) is 32.6. The Labute approximate surface area is 352 Å². The molecule has 2 heterocycles. The van der Waals surface area contributed by atoms with Crippen LogP contribution < -0.4 is 4.90 Å². The van der Waals surface area contributed by atoms with Crippen LogP contribution in [0.5, 0.6) is 0 Å². The van der Waals surface area contributed by atoms with Gasteiger partial charge in [0.1, 0.15) is 0 Å². The smallest absolute Gasteiger partial charge is 0.0736 e. The van der Waals surface area contributed by atoms with Crippen molar-refractivity contribution >= 4 is 72.2 Å². The fourth-order valence-corrected chi connectivity index (χ4v) is 11.7. The quantitative estimate of drug-likeness (QED) is 0.176. The van der Waals surface area contributed by atoms with Crippen molar-refractivity contribution in [3.05, 3.63) is 241 Å². The molecular weight excluding hydrogens is 745 g/mol. The highest BCUT2D eigenvalue weighted by Crippen LogP contribution is 2.62. The lowest BCUT2D eigenvalue weighted by molar-refractivity contribution is 0.707. The molecule has 0 N–H and O–H groups in total. The summed E-state index contributed by atoms with van der Waals surface area (Å²) in [5.74, 6) is 0. The predicted molar refractivity (Wildman–Crippen MR) is 252 cm³/mol. The second kappa shape index (κ2) is 12.8. The van der Waals surface area contributed by atoms with E-state index in [1.54, 1.807) is 0 Å². The molecule has 280 valence electrons. The average Bonchev–Trinajstić information content (AvgIpc) is 3.64. The van der Waals surface area contributed by atoms with E-state index in [1.807, 2.05) is 11.8 Å². The summed E-state index contributed by atoms with van der Waals surface area (Å²) in [5.41, 5.74) is 14.3. The van der Waals surface area contributed by atoms with Gasteiger partial charge in [-0.05, 0) is 128 Å². The van der Waals surface area contributed by atoms with Gasteiger partial charge in [0.2, 0.25) is 0 Å². The number of anilines is 3. The summed E-state index contributed by atoms with van der Waals surface area (Å²) in [6.45, 7) is 0. The van der Waals surface area contributed by atoms with Crippen LogP contribution in [0.4, 0.5) is 17.1 Å². The summed E-state index contributed by atoms with van der Waals surface area (Å²) in [5, 5.41) is 7.55. The van der Waals surface area contributed by atoms with Crippen molar-refractivity contribution in [1.29, 1.82) is 0 Å². The molecule has 10 aromatic carbocycles. The Morgan fingerprint density at radius 1 is 0.367 bits per heavy atom. The number of aromatic nitrogens is 1. The van der Waals surface area contributed by atoms with E-state index < -0.39 is 5.41 Å². The van der Waals surface area contributed by atoms with Crippen LogP contribution in [0.3, 0.4) is 0 Å². The third-order valence-corrected chi connectivity index (χ3v) is 14.1. The Morgan fingerprint density at radius 3 is 1.83 bits per heavy atom. The van der Waals surface area contributed by atoms with Crippen LogP contribution in [-0.2, 0) is 5.41 Å². The van der Waals surface area contributed by atoms with Gasteiger partial charge in [0.05, 0.1) is 16.4 Å². The highest BCUT2D eigenvalue weighted by molar-refractivity contribution is 7.99. The summed E-state index contributed by atoms with van der Waals surface area (Å²) in [7, 11) is 0. The van der Waals surface area contributed by atoms with Crippen molar-refractivity contribution in [2.75, 3.05) is 4.90 Å². The number of para-hydroxylation sites is 2. The van der Waals surface area contributed by atoms with Gasteiger partial charge in [0.15, 0.2) is 0 Å². The molecule has 0 amide bonds. The summed E-state index contributed by atoms with van der Waals surface area (Å²) < 4.78 is 2.42. The van der Waals surface area contributed by atoms with Crippen LogP contribution in [0.25, 0.3) is 60.2 Å². The van der Waals surface area contributed by atoms with Crippen LogP contribution in [0.15, 0.2) is 228 Å². The lowest BCUT2D eigenvalue weighted by Gasteiger charge is -2.46. The molecule has 60 heavy (non-hydrogen) atoms. The van der Waals surface area contributed by atoms with Gasteiger partial charge in [-0.25, -0.2) is 0 Å². The van der Waals surface area contributed by atoms with E-state index >= 15 is 0 Å². The summed E-state index contributed by atoms with van der Waals surface area (Å²) in [6, 6.07) is 81.3. The minimum atomic E-state index is -0.531. The standard InChI is InChI=1S/C57H36N2S/c1-2-18-40(19-3-1)58(42-31-33-53-47(35-42)45-20-6-9-25-52(45)59(53)41-29-28-37-14-4-5-15-39(37)34-41)43-30-32-44-46-21-12-16-38-17-13-24-50(56(38)46)57(51(44)36-43)48-22-7-10-26-54(48)60-55-27-11-8-23-49(55)57/h1-36H. The molecule has 3 heteroatoms. The van der Waals surface area contributed by atoms with Crippen molar-refractivity contribution in [3.63, 3.8) is 0 Å². The maximum absolute atomic E-state index is 2.50. The SMILES string of the molecule is c1ccc(N(c2ccc3c(c2)C2(c4ccccc4Sc4ccccc42)c2cccc4cccc-3c24)c2ccc3c(c2)c2ccccc2n3-c2ccc3ccccc3c2)cc1. The van der Waals surface area contributed by atoms with Gasteiger partial charge in [-0.2, -0.15) is 0 Å². The van der Waals surface area contributed by atoms with Gasteiger partial charge in [0.25, 0.3) is 0 Å². The largest absolute Gasteiger partial charge is 0.310 e. The molecule has 1 aromatic heterocycles. The van der Waals surface area contributed by atoms with E-state index in [0.717, 1.165) is 22.7 Å². The second-order valence-electron chi connectivity index (χ2n) is 16.0. The first kappa shape index (κ1) is 33.6. The van der Waals surface area contributed by atoms with E-state index in [0.29, 0.717) is 0 Å². The number of hydrogen-bond donors (Lipinski definition) is 0. The third kappa shape index (κ3) is 4.67. The van der Waals surface area contributed by atoms with Crippen molar-refractivity contribution in [1.82, 2.24) is 4.57 Å². The molecule has 0 bridgehead atoms. The monoisotopic (exact) mass is 780 g/mol. The Morgan fingerprint density at radius 2 is 1.00 bits per heavy atom. The van der Waals surface area contributed by atoms with E-state index in [2.05, 4.69) is 228 Å². The summed E-state index contributed by atoms with van der Waals surface area (Å²) in [4.78, 5) is 5.06. The minimum Gasteiger partial charge on any atom is -0.310 e. The van der Waals surface area contributed by atoms with Crippen molar-refractivity contribution in [3.8, 4) is 16.8 Å². The van der Waals surface area contributed by atoms with E-state index in [1.165, 1.54) is 86.5 Å². The Balaban J connectivity index is 1.08. The first-order valence-corrected chi connectivity index (χ1v) is 21.5. The Hall–Kier alpha value is -7.33. The minimum absolute atomic E-state index is 0.531. The number of nitrogens with zero attached hydrogens (tertiary/aromatic N) is 2. The molecule has 1 aliphatic carbocycles. The second-order valence-corrected chi connectivity index (χ2v) is 17.1. The van der Waals surface area contributed by atoms with E-state index in [9.17, 15) is 0 Å². The maximum Gasteiger partial charge on any atom is 0.0736 e. The number of benzene rings is 10. The highest BCUT2D eigenvalue weighted by atomic mass is 32.2. The Bertz CT molecular complexity index is 3490. The van der Waals surface area contributed by atoms with Gasteiger partial charge in [-0.15, -0.1) is 0 Å². The number of rotatable bonds is 4. The molecule has 2 nitrogen and oxygen atoms in total. The van der Waals surface area contributed by atoms with Crippen LogP contribution in [0.2, 0.25) is 0 Å². The van der Waals surface area contributed by atoms with Crippen LogP contribution in [-0.4, -0.2) is 4.57 Å². The molecule has 0 fully saturated rings. The molecule has 1 spiro atoms. The van der Waals surface area contributed by atoms with Gasteiger partial charge in [0, 0.05) is 43.3 Å². The molecule has 0 radical (unpaired) electrons. The lowest BCUT2D eigenvalue weighted by Crippen LogP contribution is -2.36. The van der Waals surface area contributed by atoms with Gasteiger partial charge < -0.3 is 9.47 Å². The first-order chi connectivity index (χ1) is 29.8. The normalized spacial score (nSPS) is 13.4. The highest BCUT2D eigenvalue weighted by Gasteiger charge is 2.48. The van der Waals surface area contributed by atoms with Crippen LogP contribution in [0, 0.1) is 0 Å². The fraction of sp³-hybridized carbons (Fsp3) is 0.0175. The molecule has 13 rings (SSSR count). The number of fused-ring (bicyclic) bond motifs is 12. The third-order valence-electron chi connectivity index (χ3n) is 13.0. The van der Waals surface area contributed by atoms with E-state index in [-0.39, 0.29) is 0 Å². The van der Waals surface area contributed by atoms with Crippen molar-refractivity contribution in [2.45, 2.75) is 15.2 Å². The average molecular weight is 781 g/mol. The molecule has 1 aliphatic heterocycles. The van der Waals surface area contributed by atoms with Crippen molar-refractivity contribution in [2.24, 2.45) is 0 Å². The molecule has 0 saturated heterocycles. The molecule has 2 aliphatic rings. The fourth-order valence-electron chi connectivity index (χ4n) is 10.5. The topological polar surface area (TPSA) is 8.17 Å². The van der Waals surface area contributed by atoms with Gasteiger partial charge >= 0.3 is 0 Å². The summed E-state index contributed by atoms with van der Waals surface area (Å²) in [6.07, 6.45) is 0. The van der Waals surface area contributed by atoms with Gasteiger partial charge in [-0.1, -0.05) is 157 Å². The van der Waals surface area contributed by atoms with E-state index in [4.69, 9.17) is 0 Å². The zero-order chi connectivity index (χ0) is 39.4. The molecule has 0 atom stereocenters. The number of hydrogen-bond acceptors (Lipinski definition) is 2. The van der Waals surface area contributed by atoms with Crippen LogP contribution >= 0.6 is 11.8 Å². The summed E-state index contributed by atoms with van der Waals surface area (Å²) >= 11 is 1.89. The maximum atomic E-state index is 2.50. The molecule has 0 saturated carbocycles. The predicted octanol–water partition coefficient (Wildman–Crippen LogP) is 15.4. The zero-order valence-corrected chi connectivity index (χ0v) is 33.4. The van der Waals surface area contributed by atoms with Gasteiger partial charge in [-0.3, -0.25) is 0 Å². The molecule has 0 unspecified atom stereocenters.